The highest BCUT2D eigenvalue weighted by molar-refractivity contribution is 5.26. The van der Waals surface area contributed by atoms with Crippen molar-refractivity contribution < 1.29 is 0 Å². The number of benzene rings is 1. The first-order chi connectivity index (χ1) is 7.77. The molecule has 1 aromatic carbocycles. The number of hydrogen-bond acceptors (Lipinski definition) is 1. The Balaban J connectivity index is 1.69. The van der Waals surface area contributed by atoms with Crippen LogP contribution in [0.25, 0.3) is 0 Å². The van der Waals surface area contributed by atoms with Crippen LogP contribution in [0.1, 0.15) is 42.7 Å². The van der Waals surface area contributed by atoms with Gasteiger partial charge in [-0.1, -0.05) is 29.8 Å². The molecule has 86 valence electrons. The van der Waals surface area contributed by atoms with Crippen LogP contribution in [0.5, 0.6) is 0 Å². The van der Waals surface area contributed by atoms with Gasteiger partial charge < -0.3 is 5.32 Å². The van der Waals surface area contributed by atoms with Crippen LogP contribution in [0.3, 0.4) is 0 Å². The van der Waals surface area contributed by atoms with Crippen LogP contribution in [0.2, 0.25) is 0 Å². The average Bonchev–Trinajstić information content (AvgIpc) is 2.27. The van der Waals surface area contributed by atoms with E-state index in [-0.39, 0.29) is 0 Å². The molecule has 1 N–H and O–H groups in total. The van der Waals surface area contributed by atoms with Crippen molar-refractivity contribution in [2.24, 2.45) is 5.41 Å². The maximum atomic E-state index is 3.44. The van der Waals surface area contributed by atoms with Crippen LogP contribution >= 0.6 is 0 Å². The zero-order chi connectivity index (χ0) is 11.0. The Hall–Kier alpha value is -0.820. The van der Waals surface area contributed by atoms with Gasteiger partial charge in [-0.3, -0.25) is 0 Å². The minimum atomic E-state index is 0.695. The summed E-state index contributed by atoms with van der Waals surface area (Å²) in [5.41, 5.74) is 3.67. The van der Waals surface area contributed by atoms with Crippen molar-refractivity contribution >= 4 is 0 Å². The summed E-state index contributed by atoms with van der Waals surface area (Å²) in [6, 6.07) is 9.10. The van der Waals surface area contributed by atoms with Gasteiger partial charge in [0.2, 0.25) is 0 Å². The summed E-state index contributed by atoms with van der Waals surface area (Å²) in [5.74, 6) is 0.825. The zero-order valence-electron chi connectivity index (χ0n) is 10.1. The summed E-state index contributed by atoms with van der Waals surface area (Å²) in [7, 11) is 0. The molecule has 1 aliphatic carbocycles. The van der Waals surface area contributed by atoms with Crippen molar-refractivity contribution in [1.29, 1.82) is 0 Å². The third kappa shape index (κ3) is 1.78. The first kappa shape index (κ1) is 10.3. The topological polar surface area (TPSA) is 12.0 Å². The highest BCUT2D eigenvalue weighted by Crippen LogP contribution is 2.45. The summed E-state index contributed by atoms with van der Waals surface area (Å²) in [5, 5.41) is 3.44. The van der Waals surface area contributed by atoms with Crippen molar-refractivity contribution in [3.8, 4) is 0 Å². The molecule has 1 nitrogen and oxygen atoms in total. The predicted molar refractivity (Wildman–Crippen MR) is 67.7 cm³/mol. The predicted octanol–water partition coefficient (Wildman–Crippen LogP) is 3.24. The van der Waals surface area contributed by atoms with Crippen molar-refractivity contribution in [3.05, 3.63) is 35.4 Å². The van der Waals surface area contributed by atoms with Gasteiger partial charge in [0.05, 0.1) is 0 Å². The van der Waals surface area contributed by atoms with Crippen molar-refractivity contribution in [3.63, 3.8) is 0 Å². The Morgan fingerprint density at radius 1 is 1.19 bits per heavy atom. The second-order valence-corrected chi connectivity index (χ2v) is 5.79. The van der Waals surface area contributed by atoms with Crippen LogP contribution in [-0.4, -0.2) is 13.1 Å². The van der Waals surface area contributed by atoms with E-state index in [2.05, 4.69) is 36.5 Å². The van der Waals surface area contributed by atoms with E-state index in [4.69, 9.17) is 0 Å². The van der Waals surface area contributed by atoms with Crippen LogP contribution < -0.4 is 5.32 Å². The molecule has 1 aliphatic heterocycles. The van der Waals surface area contributed by atoms with Crippen LogP contribution in [0, 0.1) is 12.3 Å². The molecule has 0 unspecified atom stereocenters. The van der Waals surface area contributed by atoms with E-state index in [0.717, 1.165) is 5.92 Å². The van der Waals surface area contributed by atoms with E-state index in [9.17, 15) is 0 Å². The number of rotatable bonds is 1. The third-order valence-corrected chi connectivity index (χ3v) is 4.56. The van der Waals surface area contributed by atoms with Gasteiger partial charge in [-0.15, -0.1) is 0 Å². The molecule has 16 heavy (non-hydrogen) atoms. The van der Waals surface area contributed by atoms with Gasteiger partial charge in [-0.25, -0.2) is 0 Å². The quantitative estimate of drug-likeness (QED) is 0.758. The molecule has 0 radical (unpaired) electrons. The van der Waals surface area contributed by atoms with E-state index in [1.165, 1.54) is 44.3 Å². The van der Waals surface area contributed by atoms with E-state index < -0.39 is 0 Å². The minimum Gasteiger partial charge on any atom is -0.316 e. The first-order valence-electron chi connectivity index (χ1n) is 6.55. The Morgan fingerprint density at radius 2 is 1.94 bits per heavy atom. The van der Waals surface area contributed by atoms with Gasteiger partial charge in [0.25, 0.3) is 0 Å². The molecule has 0 aromatic heterocycles. The van der Waals surface area contributed by atoms with Gasteiger partial charge in [0.1, 0.15) is 0 Å². The lowest BCUT2D eigenvalue weighted by Crippen LogP contribution is -2.54. The third-order valence-electron chi connectivity index (χ3n) is 4.56. The molecule has 2 aliphatic rings. The highest BCUT2D eigenvalue weighted by Gasteiger charge is 2.40. The molecule has 0 atom stereocenters. The standard InChI is InChI=1S/C15H21N/c1-12-3-2-4-14(9-12)13-5-7-15(8-6-13)10-16-11-15/h2-4,9,13,16H,5-8,10-11H2,1H3. The molecular formula is C15H21N. The van der Waals surface area contributed by atoms with Crippen LogP contribution in [0.15, 0.2) is 24.3 Å². The van der Waals surface area contributed by atoms with Gasteiger partial charge in [0.15, 0.2) is 0 Å². The van der Waals surface area contributed by atoms with Gasteiger partial charge in [0, 0.05) is 13.1 Å². The largest absolute Gasteiger partial charge is 0.316 e. The lowest BCUT2D eigenvalue weighted by Gasteiger charge is -2.47. The molecule has 2 fully saturated rings. The zero-order valence-corrected chi connectivity index (χ0v) is 10.1. The molecular weight excluding hydrogens is 194 g/mol. The van der Waals surface area contributed by atoms with E-state index in [1.807, 2.05) is 0 Å². The molecule has 0 amide bonds. The Kier molecular flexibility index (Phi) is 2.51. The Bertz CT molecular complexity index is 369. The smallest absolute Gasteiger partial charge is 0.00202 e. The lowest BCUT2D eigenvalue weighted by molar-refractivity contribution is 0.0975. The molecule has 1 heterocycles. The van der Waals surface area contributed by atoms with Crippen molar-refractivity contribution in [2.75, 3.05) is 13.1 Å². The molecule has 0 bridgehead atoms. The number of hydrogen-bond donors (Lipinski definition) is 1. The average molecular weight is 215 g/mol. The summed E-state index contributed by atoms with van der Waals surface area (Å²) >= 11 is 0. The van der Waals surface area contributed by atoms with Crippen LogP contribution in [-0.2, 0) is 0 Å². The van der Waals surface area contributed by atoms with Crippen molar-refractivity contribution in [2.45, 2.75) is 38.5 Å². The summed E-state index contributed by atoms with van der Waals surface area (Å²) < 4.78 is 0. The number of aryl methyl sites for hydroxylation is 1. The maximum absolute atomic E-state index is 3.44. The Morgan fingerprint density at radius 3 is 2.50 bits per heavy atom. The summed E-state index contributed by atoms with van der Waals surface area (Å²) in [6.07, 6.45) is 5.65. The van der Waals surface area contributed by atoms with E-state index in [0.29, 0.717) is 5.41 Å². The molecule has 1 saturated heterocycles. The van der Waals surface area contributed by atoms with Crippen LogP contribution in [0.4, 0.5) is 0 Å². The van der Waals surface area contributed by atoms with E-state index in [1.54, 1.807) is 5.56 Å². The molecule has 1 aromatic rings. The van der Waals surface area contributed by atoms with Gasteiger partial charge in [-0.2, -0.15) is 0 Å². The summed E-state index contributed by atoms with van der Waals surface area (Å²) in [4.78, 5) is 0. The Labute approximate surface area is 98.3 Å². The minimum absolute atomic E-state index is 0.695. The first-order valence-corrected chi connectivity index (χ1v) is 6.55. The monoisotopic (exact) mass is 215 g/mol. The highest BCUT2D eigenvalue weighted by atomic mass is 15.0. The molecule has 1 heteroatoms. The lowest BCUT2D eigenvalue weighted by atomic mass is 9.66. The maximum Gasteiger partial charge on any atom is 0.00202 e. The molecule has 1 spiro atoms. The van der Waals surface area contributed by atoms with E-state index >= 15 is 0 Å². The van der Waals surface area contributed by atoms with Crippen molar-refractivity contribution in [1.82, 2.24) is 5.32 Å². The second-order valence-electron chi connectivity index (χ2n) is 5.79. The molecule has 3 rings (SSSR count). The SMILES string of the molecule is Cc1cccc(C2CCC3(CC2)CNC3)c1. The van der Waals surface area contributed by atoms with Gasteiger partial charge in [-0.05, 0) is 49.5 Å². The van der Waals surface area contributed by atoms with Gasteiger partial charge >= 0.3 is 0 Å². The fourth-order valence-electron chi connectivity index (χ4n) is 3.32. The fourth-order valence-corrected chi connectivity index (χ4v) is 3.32. The molecule has 1 saturated carbocycles. The normalized spacial score (nSPS) is 24.3. The second kappa shape index (κ2) is 3.89. The number of nitrogens with one attached hydrogen (secondary N) is 1. The summed E-state index contributed by atoms with van der Waals surface area (Å²) in [6.45, 7) is 4.74. The fraction of sp³-hybridized carbons (Fsp3) is 0.600.